The minimum Gasteiger partial charge on any atom is -0.481 e. The highest BCUT2D eigenvalue weighted by Crippen LogP contribution is 2.17. The number of benzene rings is 1. The highest BCUT2D eigenvalue weighted by atomic mass is 32.2. The summed E-state index contributed by atoms with van der Waals surface area (Å²) in [6.45, 7) is 3.22. The molecule has 6 heteroatoms. The minimum atomic E-state index is -0.933. The van der Waals surface area contributed by atoms with Crippen molar-refractivity contribution >= 4 is 29.4 Å². The van der Waals surface area contributed by atoms with Crippen LogP contribution < -0.4 is 10.6 Å². The van der Waals surface area contributed by atoms with Gasteiger partial charge in [0.2, 0.25) is 0 Å². The second kappa shape index (κ2) is 7.04. The Hall–Kier alpha value is -1.69. The standard InChI is InChI=1S/C13H18N2O3S/c1-8(12(16)17)9(2)14-13(18)15-10-4-6-11(19-3)7-5-10/h4-9H,1-3H3,(H,16,17)(H2,14,15,18). The normalized spacial score (nSPS) is 13.4. The van der Waals surface area contributed by atoms with Crippen molar-refractivity contribution in [3.63, 3.8) is 0 Å². The van der Waals surface area contributed by atoms with Gasteiger partial charge in [-0.05, 0) is 44.4 Å². The number of urea groups is 1. The fourth-order valence-electron chi connectivity index (χ4n) is 1.39. The van der Waals surface area contributed by atoms with E-state index < -0.39 is 24.0 Å². The van der Waals surface area contributed by atoms with Crippen molar-refractivity contribution in [3.8, 4) is 0 Å². The summed E-state index contributed by atoms with van der Waals surface area (Å²) in [7, 11) is 0. The molecule has 5 nitrogen and oxygen atoms in total. The molecule has 19 heavy (non-hydrogen) atoms. The summed E-state index contributed by atoms with van der Waals surface area (Å²) in [6.07, 6.45) is 1.98. The summed E-state index contributed by atoms with van der Waals surface area (Å²) in [5.74, 6) is -1.57. The Morgan fingerprint density at radius 3 is 2.26 bits per heavy atom. The van der Waals surface area contributed by atoms with E-state index in [1.807, 2.05) is 18.4 Å². The molecule has 104 valence electrons. The molecule has 0 aliphatic rings. The Morgan fingerprint density at radius 1 is 1.21 bits per heavy atom. The van der Waals surface area contributed by atoms with Gasteiger partial charge in [0.15, 0.2) is 0 Å². The molecule has 2 unspecified atom stereocenters. The van der Waals surface area contributed by atoms with Crippen LogP contribution in [0.3, 0.4) is 0 Å². The van der Waals surface area contributed by atoms with E-state index in [2.05, 4.69) is 10.6 Å². The van der Waals surface area contributed by atoms with Gasteiger partial charge < -0.3 is 15.7 Å². The van der Waals surface area contributed by atoms with Gasteiger partial charge in [-0.3, -0.25) is 4.79 Å². The second-order valence-electron chi connectivity index (χ2n) is 4.24. The number of carbonyl (C=O) groups is 2. The number of hydrogen-bond acceptors (Lipinski definition) is 3. The average Bonchev–Trinajstić information content (AvgIpc) is 2.38. The third kappa shape index (κ3) is 4.82. The molecule has 0 saturated carbocycles. The van der Waals surface area contributed by atoms with Crippen LogP contribution in [0.5, 0.6) is 0 Å². The molecule has 1 aromatic carbocycles. The number of nitrogens with one attached hydrogen (secondary N) is 2. The third-order valence-corrected chi connectivity index (χ3v) is 3.59. The molecule has 0 aliphatic carbocycles. The number of rotatable bonds is 5. The van der Waals surface area contributed by atoms with Crippen LogP contribution in [-0.4, -0.2) is 29.4 Å². The van der Waals surface area contributed by atoms with Gasteiger partial charge in [0.1, 0.15) is 0 Å². The zero-order chi connectivity index (χ0) is 14.4. The largest absolute Gasteiger partial charge is 0.481 e. The second-order valence-corrected chi connectivity index (χ2v) is 5.12. The molecule has 3 N–H and O–H groups in total. The maximum absolute atomic E-state index is 11.7. The van der Waals surface area contributed by atoms with Crippen LogP contribution in [0.1, 0.15) is 13.8 Å². The Balaban J connectivity index is 2.52. The quantitative estimate of drug-likeness (QED) is 0.725. The number of aliphatic carboxylic acids is 1. The lowest BCUT2D eigenvalue weighted by Gasteiger charge is -2.18. The van der Waals surface area contributed by atoms with Crippen LogP contribution in [0.15, 0.2) is 29.2 Å². The first kappa shape index (κ1) is 15.4. The van der Waals surface area contributed by atoms with Gasteiger partial charge in [-0.25, -0.2) is 4.79 Å². The van der Waals surface area contributed by atoms with Crippen molar-refractivity contribution in [2.75, 3.05) is 11.6 Å². The van der Waals surface area contributed by atoms with Crippen molar-refractivity contribution in [1.82, 2.24) is 5.32 Å². The van der Waals surface area contributed by atoms with E-state index in [1.54, 1.807) is 37.7 Å². The maximum atomic E-state index is 11.7. The first-order chi connectivity index (χ1) is 8.93. The Morgan fingerprint density at radius 2 is 1.79 bits per heavy atom. The predicted molar refractivity (Wildman–Crippen MR) is 76.6 cm³/mol. The van der Waals surface area contributed by atoms with Gasteiger partial charge in [-0.2, -0.15) is 0 Å². The molecular formula is C13H18N2O3S. The number of amides is 2. The fourth-order valence-corrected chi connectivity index (χ4v) is 1.80. The van der Waals surface area contributed by atoms with E-state index in [0.717, 1.165) is 4.90 Å². The first-order valence-electron chi connectivity index (χ1n) is 5.88. The smallest absolute Gasteiger partial charge is 0.319 e. The highest BCUT2D eigenvalue weighted by Gasteiger charge is 2.20. The van der Waals surface area contributed by atoms with Crippen LogP contribution in [0.2, 0.25) is 0 Å². The molecule has 0 heterocycles. The molecule has 0 aliphatic heterocycles. The number of carboxylic acid groups (broad SMARTS) is 1. The minimum absolute atomic E-state index is 0.405. The lowest BCUT2D eigenvalue weighted by molar-refractivity contribution is -0.141. The van der Waals surface area contributed by atoms with Crippen molar-refractivity contribution < 1.29 is 14.7 Å². The van der Waals surface area contributed by atoms with E-state index in [1.165, 1.54) is 0 Å². The SMILES string of the molecule is CSc1ccc(NC(=O)NC(C)C(C)C(=O)O)cc1. The summed E-state index contributed by atoms with van der Waals surface area (Å²) in [6, 6.07) is 6.57. The van der Waals surface area contributed by atoms with Gasteiger partial charge in [-0.15, -0.1) is 11.8 Å². The van der Waals surface area contributed by atoms with Gasteiger partial charge >= 0.3 is 12.0 Å². The predicted octanol–water partition coefficient (Wildman–Crippen LogP) is 2.64. The van der Waals surface area contributed by atoms with Gasteiger partial charge in [0.05, 0.1) is 5.92 Å². The molecule has 0 bridgehead atoms. The van der Waals surface area contributed by atoms with Crippen molar-refractivity contribution in [1.29, 1.82) is 0 Å². The number of anilines is 1. The van der Waals surface area contributed by atoms with Crippen molar-refractivity contribution in [2.45, 2.75) is 24.8 Å². The number of carbonyl (C=O) groups excluding carboxylic acids is 1. The third-order valence-electron chi connectivity index (χ3n) is 2.85. The van der Waals surface area contributed by atoms with E-state index in [9.17, 15) is 9.59 Å². The Labute approximate surface area is 116 Å². The van der Waals surface area contributed by atoms with E-state index in [0.29, 0.717) is 5.69 Å². The van der Waals surface area contributed by atoms with Gasteiger partial charge in [-0.1, -0.05) is 0 Å². The number of carboxylic acids is 1. The fraction of sp³-hybridized carbons (Fsp3) is 0.385. The number of hydrogen-bond donors (Lipinski definition) is 3. The molecule has 2 atom stereocenters. The van der Waals surface area contributed by atoms with Crippen molar-refractivity contribution in [2.24, 2.45) is 5.92 Å². The molecule has 0 fully saturated rings. The summed E-state index contributed by atoms with van der Waals surface area (Å²) < 4.78 is 0. The summed E-state index contributed by atoms with van der Waals surface area (Å²) >= 11 is 1.62. The monoisotopic (exact) mass is 282 g/mol. The van der Waals surface area contributed by atoms with Crippen LogP contribution >= 0.6 is 11.8 Å². The molecule has 2 amide bonds. The van der Waals surface area contributed by atoms with E-state index >= 15 is 0 Å². The summed E-state index contributed by atoms with van der Waals surface area (Å²) in [4.78, 5) is 23.6. The Bertz CT molecular complexity index is 448. The molecule has 1 rings (SSSR count). The first-order valence-corrected chi connectivity index (χ1v) is 7.11. The van der Waals surface area contributed by atoms with Gasteiger partial charge in [0, 0.05) is 16.6 Å². The van der Waals surface area contributed by atoms with E-state index in [4.69, 9.17) is 5.11 Å². The van der Waals surface area contributed by atoms with E-state index in [-0.39, 0.29) is 0 Å². The van der Waals surface area contributed by atoms with Crippen molar-refractivity contribution in [3.05, 3.63) is 24.3 Å². The zero-order valence-electron chi connectivity index (χ0n) is 11.1. The Kier molecular flexibility index (Phi) is 5.69. The average molecular weight is 282 g/mol. The van der Waals surface area contributed by atoms with Crippen LogP contribution in [0.25, 0.3) is 0 Å². The number of thioether (sulfide) groups is 1. The maximum Gasteiger partial charge on any atom is 0.319 e. The molecular weight excluding hydrogens is 264 g/mol. The molecule has 1 aromatic rings. The molecule has 0 saturated heterocycles. The van der Waals surface area contributed by atoms with Crippen LogP contribution in [-0.2, 0) is 4.79 Å². The van der Waals surface area contributed by atoms with Crippen LogP contribution in [0, 0.1) is 5.92 Å². The molecule has 0 aromatic heterocycles. The topological polar surface area (TPSA) is 78.4 Å². The summed E-state index contributed by atoms with van der Waals surface area (Å²) in [5.41, 5.74) is 0.672. The summed E-state index contributed by atoms with van der Waals surface area (Å²) in [5, 5.41) is 14.1. The lowest BCUT2D eigenvalue weighted by Crippen LogP contribution is -2.42. The van der Waals surface area contributed by atoms with Crippen LogP contribution in [0.4, 0.5) is 10.5 Å². The zero-order valence-corrected chi connectivity index (χ0v) is 12.0. The van der Waals surface area contributed by atoms with Gasteiger partial charge in [0.25, 0.3) is 0 Å². The lowest BCUT2D eigenvalue weighted by atomic mass is 10.0. The molecule has 0 spiro atoms. The highest BCUT2D eigenvalue weighted by molar-refractivity contribution is 7.98. The molecule has 0 radical (unpaired) electrons.